The summed E-state index contributed by atoms with van der Waals surface area (Å²) in [6.45, 7) is 5.99. The zero-order chi connectivity index (χ0) is 44.3. The van der Waals surface area contributed by atoms with Crippen molar-refractivity contribution in [2.24, 2.45) is 5.92 Å². The second-order valence-corrected chi connectivity index (χ2v) is 17.1. The number of benzene rings is 4. The molecule has 0 aliphatic carbocycles. The number of aromatic nitrogens is 4. The summed E-state index contributed by atoms with van der Waals surface area (Å²) in [6.07, 6.45) is 2.87. The van der Waals surface area contributed by atoms with Crippen molar-refractivity contribution in [1.82, 2.24) is 40.4 Å². The molecular formula is C49H52N8O7. The molecule has 2 aromatic heterocycles. The number of methoxy groups -OCH3 is 1. The van der Waals surface area contributed by atoms with Crippen molar-refractivity contribution < 1.29 is 33.4 Å². The highest BCUT2D eigenvalue weighted by Crippen LogP contribution is 2.36. The molecule has 0 radical (unpaired) electrons. The van der Waals surface area contributed by atoms with Crippen molar-refractivity contribution in [2.75, 3.05) is 33.4 Å². The minimum atomic E-state index is -0.916. The third-order valence-corrected chi connectivity index (χ3v) is 12.5. The zero-order valence-corrected chi connectivity index (χ0v) is 36.2. The molecule has 15 heteroatoms. The highest BCUT2D eigenvalue weighted by atomic mass is 16.6. The second kappa shape index (κ2) is 18.4. The van der Waals surface area contributed by atoms with Crippen LogP contribution in [0.5, 0.6) is 0 Å². The van der Waals surface area contributed by atoms with Gasteiger partial charge in [0.2, 0.25) is 5.91 Å². The van der Waals surface area contributed by atoms with E-state index < -0.39 is 24.3 Å². The number of ether oxygens (including phenoxy) is 3. The van der Waals surface area contributed by atoms with E-state index in [0.717, 1.165) is 75.5 Å². The number of H-pyrrole nitrogens is 2. The highest BCUT2D eigenvalue weighted by molar-refractivity contribution is 6.04. The molecule has 4 N–H and O–H groups in total. The van der Waals surface area contributed by atoms with E-state index in [1.54, 1.807) is 0 Å². The highest BCUT2D eigenvalue weighted by Gasteiger charge is 2.39. The van der Waals surface area contributed by atoms with Gasteiger partial charge in [-0.05, 0) is 78.9 Å². The molecule has 9 rings (SSSR count). The van der Waals surface area contributed by atoms with E-state index in [1.807, 2.05) is 96.4 Å². The number of nitrogens with one attached hydrogen (secondary N) is 4. The van der Waals surface area contributed by atoms with Crippen LogP contribution in [-0.4, -0.2) is 99.3 Å². The van der Waals surface area contributed by atoms with Crippen molar-refractivity contribution in [1.29, 1.82) is 0 Å². The Balaban J connectivity index is 0.905. The lowest BCUT2D eigenvalue weighted by Gasteiger charge is -2.29. The summed E-state index contributed by atoms with van der Waals surface area (Å²) in [6, 6.07) is 23.1. The molecule has 0 spiro atoms. The van der Waals surface area contributed by atoms with Crippen LogP contribution in [0.15, 0.2) is 78.9 Å². The Labute approximate surface area is 370 Å². The van der Waals surface area contributed by atoms with Crippen molar-refractivity contribution in [3.63, 3.8) is 0 Å². The van der Waals surface area contributed by atoms with E-state index in [0.29, 0.717) is 50.5 Å². The van der Waals surface area contributed by atoms with E-state index in [9.17, 15) is 19.2 Å². The standard InChI is InChI=1S/C49H52N8O7/c1-29(2)41(54-48(60)62-3)46(58)56-23-8-12-40(56)45-51-37-20-17-33-27-30(15-18-35(33)43(37)53-45)13-14-31-16-19-36-38(28-31)52-44(50-36)39-11-7-24-57(39)47(59)42(32-9-5-4-6-10-32)55-49(61)64-34-21-25-63-26-22-34/h4-6,9-10,15-20,27-29,34,39-42H,7-8,11-12,21-26H2,1-3H3,(H,50,52)(H,51,53)(H,54,60)(H,55,61)/t39-,40-,41-,42+/m0/s1. The number of likely N-dealkylation sites (tertiary alicyclic amines) is 2. The summed E-state index contributed by atoms with van der Waals surface area (Å²) in [4.78, 5) is 73.6. The largest absolute Gasteiger partial charge is 0.453 e. The third kappa shape index (κ3) is 8.83. The molecule has 0 bridgehead atoms. The summed E-state index contributed by atoms with van der Waals surface area (Å²) in [5.74, 6) is 7.57. The van der Waals surface area contributed by atoms with Gasteiger partial charge >= 0.3 is 12.2 Å². The maximum atomic E-state index is 14.3. The topological polar surface area (TPSA) is 184 Å². The monoisotopic (exact) mass is 864 g/mol. The first kappa shape index (κ1) is 42.4. The molecule has 3 aliphatic rings. The van der Waals surface area contributed by atoms with Gasteiger partial charge in [-0.15, -0.1) is 0 Å². The Bertz CT molecular complexity index is 2770. The van der Waals surface area contributed by atoms with Crippen LogP contribution in [0.2, 0.25) is 0 Å². The van der Waals surface area contributed by atoms with E-state index in [1.165, 1.54) is 7.11 Å². The van der Waals surface area contributed by atoms with E-state index in [-0.39, 0.29) is 35.9 Å². The van der Waals surface area contributed by atoms with Gasteiger partial charge < -0.3 is 44.6 Å². The molecule has 5 heterocycles. The number of alkyl carbamates (subject to hydrolysis) is 2. The quantitative estimate of drug-likeness (QED) is 0.108. The van der Waals surface area contributed by atoms with Gasteiger partial charge in [-0.2, -0.15) is 0 Å². The third-order valence-electron chi connectivity index (χ3n) is 12.5. The zero-order valence-electron chi connectivity index (χ0n) is 36.2. The second-order valence-electron chi connectivity index (χ2n) is 17.1. The molecule has 15 nitrogen and oxygen atoms in total. The fourth-order valence-electron chi connectivity index (χ4n) is 9.18. The summed E-state index contributed by atoms with van der Waals surface area (Å²) in [5, 5.41) is 7.58. The molecule has 0 unspecified atom stereocenters. The number of amides is 4. The molecule has 6 aromatic rings. The number of rotatable bonds is 9. The average molecular weight is 865 g/mol. The number of carbonyl (C=O) groups excluding carboxylic acids is 4. The Morgan fingerprint density at radius 2 is 1.41 bits per heavy atom. The van der Waals surface area contributed by atoms with Crippen LogP contribution in [0.1, 0.15) is 98.8 Å². The van der Waals surface area contributed by atoms with Gasteiger partial charge in [-0.25, -0.2) is 19.6 Å². The molecule has 4 amide bonds. The van der Waals surface area contributed by atoms with Crippen LogP contribution >= 0.6 is 0 Å². The molecule has 3 fully saturated rings. The molecule has 4 atom stereocenters. The number of hydrogen-bond acceptors (Lipinski definition) is 9. The van der Waals surface area contributed by atoms with E-state index in [2.05, 4.69) is 38.5 Å². The van der Waals surface area contributed by atoms with Crippen molar-refractivity contribution in [3.05, 3.63) is 107 Å². The predicted molar refractivity (Wildman–Crippen MR) is 240 cm³/mol. The molecular weight excluding hydrogens is 813 g/mol. The van der Waals surface area contributed by atoms with Gasteiger partial charge in [0.25, 0.3) is 5.91 Å². The van der Waals surface area contributed by atoms with Gasteiger partial charge in [-0.1, -0.05) is 68.2 Å². The van der Waals surface area contributed by atoms with E-state index in [4.69, 9.17) is 24.2 Å². The molecule has 3 aliphatic heterocycles. The van der Waals surface area contributed by atoms with E-state index >= 15 is 0 Å². The molecule has 330 valence electrons. The minimum absolute atomic E-state index is 0.121. The van der Waals surface area contributed by atoms with Crippen molar-refractivity contribution in [2.45, 2.75) is 82.6 Å². The molecule has 0 saturated carbocycles. The number of fused-ring (bicyclic) bond motifs is 4. The number of carbonyl (C=O) groups is 4. The predicted octanol–water partition coefficient (Wildman–Crippen LogP) is 7.35. The number of hydrogen-bond donors (Lipinski definition) is 4. The van der Waals surface area contributed by atoms with Crippen molar-refractivity contribution in [3.8, 4) is 11.8 Å². The molecule has 64 heavy (non-hydrogen) atoms. The SMILES string of the molecule is COC(=O)N[C@H](C(=O)N1CCC[C@H]1c1nc2ccc3cc(C#Cc4ccc5nc([C@@H]6CCCN6C(=O)[C@H](NC(=O)OC6CCOCC6)c6ccccc6)[nH]c5c4)ccc3c2[nH]1)C(C)C. The lowest BCUT2D eigenvalue weighted by atomic mass is 10.0. The lowest BCUT2D eigenvalue weighted by Crippen LogP contribution is -2.51. The summed E-state index contributed by atoms with van der Waals surface area (Å²) >= 11 is 0. The van der Waals surface area contributed by atoms with Gasteiger partial charge in [0, 0.05) is 42.4 Å². The van der Waals surface area contributed by atoms with Gasteiger partial charge in [-0.3, -0.25) is 9.59 Å². The van der Waals surface area contributed by atoms with Crippen LogP contribution < -0.4 is 10.6 Å². The lowest BCUT2D eigenvalue weighted by molar-refractivity contribution is -0.136. The van der Waals surface area contributed by atoms with Crippen LogP contribution in [0.25, 0.3) is 32.8 Å². The van der Waals surface area contributed by atoms with Gasteiger partial charge in [0.1, 0.15) is 29.8 Å². The Morgan fingerprint density at radius 1 is 0.750 bits per heavy atom. The van der Waals surface area contributed by atoms with Crippen molar-refractivity contribution >= 4 is 56.8 Å². The Hall–Kier alpha value is -6.92. The fraction of sp³-hybridized carbons (Fsp3) is 0.388. The Morgan fingerprint density at radius 3 is 2.12 bits per heavy atom. The smallest absolute Gasteiger partial charge is 0.408 e. The fourth-order valence-corrected chi connectivity index (χ4v) is 9.18. The van der Waals surface area contributed by atoms with Gasteiger partial charge in [0.15, 0.2) is 0 Å². The number of nitrogens with zero attached hydrogens (tertiary/aromatic N) is 4. The Kier molecular flexibility index (Phi) is 12.2. The average Bonchev–Trinajstić information content (AvgIpc) is 4.15. The van der Waals surface area contributed by atoms with Crippen LogP contribution in [-0.2, 0) is 23.8 Å². The first-order valence-corrected chi connectivity index (χ1v) is 22.1. The summed E-state index contributed by atoms with van der Waals surface area (Å²) in [7, 11) is 1.29. The maximum absolute atomic E-state index is 14.3. The van der Waals surface area contributed by atoms with Crippen LogP contribution in [0, 0.1) is 17.8 Å². The number of imidazole rings is 2. The maximum Gasteiger partial charge on any atom is 0.408 e. The normalized spacial score (nSPS) is 18.8. The minimum Gasteiger partial charge on any atom is -0.453 e. The van der Waals surface area contributed by atoms with Gasteiger partial charge in [0.05, 0.1) is 54.5 Å². The first-order chi connectivity index (χ1) is 31.1. The first-order valence-electron chi connectivity index (χ1n) is 22.1. The summed E-state index contributed by atoms with van der Waals surface area (Å²) in [5.41, 5.74) is 5.63. The summed E-state index contributed by atoms with van der Waals surface area (Å²) < 4.78 is 15.9. The number of aromatic amines is 2. The van der Waals surface area contributed by atoms with Crippen LogP contribution in [0.4, 0.5) is 9.59 Å². The van der Waals surface area contributed by atoms with Crippen LogP contribution in [0.3, 0.4) is 0 Å². The molecule has 3 saturated heterocycles. The molecule has 4 aromatic carbocycles.